The van der Waals surface area contributed by atoms with E-state index in [1.54, 1.807) is 0 Å². The summed E-state index contributed by atoms with van der Waals surface area (Å²) in [7, 11) is 2.18. The standard InChI is InChI=1S/C22H29F2N3O/c1-17(16-27-9-7-26(2)8-10-27)14-25-15-18-3-5-21(6-4-18)28-22-12-19(23)11-20(24)13-22/h3-6,11-13,17,25H,7-10,14-16H2,1-2H3. The summed E-state index contributed by atoms with van der Waals surface area (Å²) in [5, 5.41) is 3.51. The molecule has 0 aliphatic carbocycles. The van der Waals surface area contributed by atoms with Crippen LogP contribution in [0.2, 0.25) is 0 Å². The quantitative estimate of drug-likeness (QED) is 0.745. The number of nitrogens with zero attached hydrogens (tertiary/aromatic N) is 2. The summed E-state index contributed by atoms with van der Waals surface area (Å²) in [6.07, 6.45) is 0. The van der Waals surface area contributed by atoms with Gasteiger partial charge in [0, 0.05) is 57.5 Å². The molecule has 0 aromatic heterocycles. The molecule has 1 atom stereocenters. The molecule has 0 spiro atoms. The molecule has 0 radical (unpaired) electrons. The Bertz CT molecular complexity index is 726. The number of halogens is 2. The summed E-state index contributed by atoms with van der Waals surface area (Å²) >= 11 is 0. The molecule has 28 heavy (non-hydrogen) atoms. The van der Waals surface area contributed by atoms with E-state index in [9.17, 15) is 8.78 Å². The molecule has 2 aromatic rings. The molecule has 2 aromatic carbocycles. The van der Waals surface area contributed by atoms with Gasteiger partial charge in [-0.15, -0.1) is 0 Å². The lowest BCUT2D eigenvalue weighted by atomic mass is 10.1. The molecule has 1 heterocycles. The Morgan fingerprint density at radius 1 is 0.964 bits per heavy atom. The summed E-state index contributed by atoms with van der Waals surface area (Å²) in [5.41, 5.74) is 1.14. The molecule has 0 bridgehead atoms. The molecular formula is C22H29F2N3O. The fourth-order valence-electron chi connectivity index (χ4n) is 3.40. The van der Waals surface area contributed by atoms with Gasteiger partial charge in [0.05, 0.1) is 0 Å². The van der Waals surface area contributed by atoms with Crippen molar-refractivity contribution in [3.8, 4) is 11.5 Å². The largest absolute Gasteiger partial charge is 0.457 e. The van der Waals surface area contributed by atoms with Gasteiger partial charge in [0.1, 0.15) is 23.1 Å². The van der Waals surface area contributed by atoms with Gasteiger partial charge in [0.2, 0.25) is 0 Å². The number of hydrogen-bond acceptors (Lipinski definition) is 4. The Kier molecular flexibility index (Phi) is 7.36. The molecule has 1 aliphatic heterocycles. The minimum absolute atomic E-state index is 0.154. The lowest BCUT2D eigenvalue weighted by Gasteiger charge is -2.34. The first-order valence-electron chi connectivity index (χ1n) is 9.82. The zero-order valence-corrected chi connectivity index (χ0v) is 16.6. The van der Waals surface area contributed by atoms with Gasteiger partial charge in [-0.2, -0.15) is 0 Å². The molecule has 152 valence electrons. The topological polar surface area (TPSA) is 27.7 Å². The first kappa shape index (κ1) is 20.7. The third kappa shape index (κ3) is 6.55. The van der Waals surface area contributed by atoms with Gasteiger partial charge in [-0.25, -0.2) is 8.78 Å². The first-order valence-corrected chi connectivity index (χ1v) is 9.82. The predicted octanol–water partition coefficient (Wildman–Crippen LogP) is 3.73. The number of hydrogen-bond donors (Lipinski definition) is 1. The van der Waals surface area contributed by atoms with Crippen molar-refractivity contribution >= 4 is 0 Å². The maximum absolute atomic E-state index is 13.2. The van der Waals surface area contributed by atoms with Crippen molar-refractivity contribution < 1.29 is 13.5 Å². The van der Waals surface area contributed by atoms with Gasteiger partial charge in [0.15, 0.2) is 0 Å². The van der Waals surface area contributed by atoms with E-state index in [-0.39, 0.29) is 5.75 Å². The van der Waals surface area contributed by atoms with E-state index in [1.165, 1.54) is 12.1 Å². The lowest BCUT2D eigenvalue weighted by Crippen LogP contribution is -2.46. The number of ether oxygens (including phenoxy) is 1. The van der Waals surface area contributed by atoms with Crippen molar-refractivity contribution in [2.45, 2.75) is 13.5 Å². The van der Waals surface area contributed by atoms with E-state index >= 15 is 0 Å². The molecule has 6 heteroatoms. The van der Waals surface area contributed by atoms with Crippen molar-refractivity contribution in [3.05, 3.63) is 59.7 Å². The maximum atomic E-state index is 13.2. The van der Waals surface area contributed by atoms with Crippen LogP contribution in [0.1, 0.15) is 12.5 Å². The zero-order valence-electron chi connectivity index (χ0n) is 16.6. The molecule has 1 N–H and O–H groups in total. The maximum Gasteiger partial charge on any atom is 0.133 e. The van der Waals surface area contributed by atoms with Crippen LogP contribution in [-0.4, -0.2) is 56.1 Å². The molecule has 0 saturated carbocycles. The second-order valence-electron chi connectivity index (χ2n) is 7.69. The van der Waals surface area contributed by atoms with Gasteiger partial charge in [-0.1, -0.05) is 19.1 Å². The van der Waals surface area contributed by atoms with Gasteiger partial charge in [-0.3, -0.25) is 0 Å². The highest BCUT2D eigenvalue weighted by Gasteiger charge is 2.15. The SMILES string of the molecule is CC(CNCc1ccc(Oc2cc(F)cc(F)c2)cc1)CN1CCN(C)CC1. The van der Waals surface area contributed by atoms with E-state index in [0.29, 0.717) is 11.7 Å². The van der Waals surface area contributed by atoms with Crippen LogP contribution in [0.25, 0.3) is 0 Å². The predicted molar refractivity (Wildman–Crippen MR) is 108 cm³/mol. The average Bonchev–Trinajstić information content (AvgIpc) is 2.64. The number of benzene rings is 2. The van der Waals surface area contributed by atoms with Crippen molar-refractivity contribution in [1.29, 1.82) is 0 Å². The first-order chi connectivity index (χ1) is 13.5. The van der Waals surface area contributed by atoms with Crippen molar-refractivity contribution in [3.63, 3.8) is 0 Å². The number of rotatable bonds is 8. The van der Waals surface area contributed by atoms with Crippen LogP contribution in [0.5, 0.6) is 11.5 Å². The van der Waals surface area contributed by atoms with Crippen LogP contribution in [0.15, 0.2) is 42.5 Å². The van der Waals surface area contributed by atoms with E-state index in [4.69, 9.17) is 4.74 Å². The fourth-order valence-corrected chi connectivity index (χ4v) is 3.40. The van der Waals surface area contributed by atoms with Crippen LogP contribution in [0, 0.1) is 17.6 Å². The number of nitrogens with one attached hydrogen (secondary N) is 1. The average molecular weight is 389 g/mol. The van der Waals surface area contributed by atoms with Crippen LogP contribution in [0.3, 0.4) is 0 Å². The third-order valence-electron chi connectivity index (χ3n) is 4.98. The third-order valence-corrected chi connectivity index (χ3v) is 4.98. The van der Waals surface area contributed by atoms with Crippen LogP contribution in [0.4, 0.5) is 8.78 Å². The van der Waals surface area contributed by atoms with E-state index < -0.39 is 11.6 Å². The molecule has 3 rings (SSSR count). The van der Waals surface area contributed by atoms with E-state index in [1.807, 2.05) is 24.3 Å². The van der Waals surface area contributed by atoms with E-state index in [0.717, 1.165) is 57.4 Å². The van der Waals surface area contributed by atoms with Crippen molar-refractivity contribution in [2.24, 2.45) is 5.92 Å². The number of piperazine rings is 1. The fraction of sp³-hybridized carbons (Fsp3) is 0.455. The molecule has 1 aliphatic rings. The van der Waals surface area contributed by atoms with E-state index in [2.05, 4.69) is 29.1 Å². The molecule has 0 amide bonds. The zero-order chi connectivity index (χ0) is 19.9. The van der Waals surface area contributed by atoms with Crippen LogP contribution >= 0.6 is 0 Å². The Morgan fingerprint density at radius 2 is 1.61 bits per heavy atom. The minimum Gasteiger partial charge on any atom is -0.457 e. The second kappa shape index (κ2) is 9.96. The second-order valence-corrected chi connectivity index (χ2v) is 7.69. The Hall–Kier alpha value is -2.02. The Balaban J connectivity index is 1.40. The minimum atomic E-state index is -0.651. The highest BCUT2D eigenvalue weighted by Crippen LogP contribution is 2.23. The monoisotopic (exact) mass is 389 g/mol. The smallest absolute Gasteiger partial charge is 0.133 e. The summed E-state index contributed by atoms with van der Waals surface area (Å²) < 4.78 is 32.0. The Morgan fingerprint density at radius 3 is 2.25 bits per heavy atom. The van der Waals surface area contributed by atoms with Crippen molar-refractivity contribution in [2.75, 3.05) is 46.3 Å². The van der Waals surface area contributed by atoms with Crippen LogP contribution in [-0.2, 0) is 6.54 Å². The van der Waals surface area contributed by atoms with Crippen LogP contribution < -0.4 is 10.1 Å². The highest BCUT2D eigenvalue weighted by molar-refractivity contribution is 5.33. The van der Waals surface area contributed by atoms with Gasteiger partial charge in [-0.05, 0) is 37.2 Å². The summed E-state index contributed by atoms with van der Waals surface area (Å²) in [6, 6.07) is 10.7. The summed E-state index contributed by atoms with van der Waals surface area (Å²) in [4.78, 5) is 4.91. The lowest BCUT2D eigenvalue weighted by molar-refractivity contribution is 0.138. The highest BCUT2D eigenvalue weighted by atomic mass is 19.1. The molecule has 1 unspecified atom stereocenters. The molecule has 1 saturated heterocycles. The molecule has 4 nitrogen and oxygen atoms in total. The summed E-state index contributed by atoms with van der Waals surface area (Å²) in [5.74, 6) is -0.00444. The Labute approximate surface area is 166 Å². The molecular weight excluding hydrogens is 360 g/mol. The van der Waals surface area contributed by atoms with Gasteiger partial charge in [0.25, 0.3) is 0 Å². The normalized spacial score (nSPS) is 16.9. The molecule has 1 fully saturated rings. The summed E-state index contributed by atoms with van der Waals surface area (Å²) in [6.45, 7) is 9.75. The van der Waals surface area contributed by atoms with Crippen molar-refractivity contribution in [1.82, 2.24) is 15.1 Å². The van der Waals surface area contributed by atoms with Gasteiger partial charge >= 0.3 is 0 Å². The van der Waals surface area contributed by atoms with Gasteiger partial charge < -0.3 is 19.9 Å². The number of likely N-dealkylation sites (N-methyl/N-ethyl adjacent to an activating group) is 1.